The van der Waals surface area contributed by atoms with Gasteiger partial charge in [0.2, 0.25) is 0 Å². The molecule has 0 saturated heterocycles. The molecule has 3 nitrogen and oxygen atoms in total. The summed E-state index contributed by atoms with van der Waals surface area (Å²) >= 11 is 0. The average Bonchev–Trinajstić information content (AvgIpc) is 2.39. The highest BCUT2D eigenvalue weighted by molar-refractivity contribution is 5.70. The molecule has 1 aliphatic heterocycles. The van der Waals surface area contributed by atoms with Crippen molar-refractivity contribution >= 4 is 5.97 Å². The Balaban J connectivity index is 2.26. The van der Waals surface area contributed by atoms with Crippen LogP contribution in [0.3, 0.4) is 0 Å². The van der Waals surface area contributed by atoms with E-state index in [0.717, 1.165) is 11.3 Å². The van der Waals surface area contributed by atoms with Crippen LogP contribution in [0, 0.1) is 5.92 Å². The fourth-order valence-corrected chi connectivity index (χ4v) is 1.70. The lowest BCUT2D eigenvalue weighted by Gasteiger charge is -2.06. The summed E-state index contributed by atoms with van der Waals surface area (Å²) in [5, 5.41) is 8.93. The van der Waals surface area contributed by atoms with Crippen molar-refractivity contribution in [2.24, 2.45) is 5.92 Å². The maximum Gasteiger partial charge on any atom is 0.306 e. The lowest BCUT2D eigenvalue weighted by atomic mass is 9.97. The van der Waals surface area contributed by atoms with Gasteiger partial charge in [-0.2, -0.15) is 0 Å². The molecular weight excluding hydrogens is 180 g/mol. The van der Waals surface area contributed by atoms with Crippen LogP contribution in [0.5, 0.6) is 5.75 Å². The Bertz CT molecular complexity index is 346. The molecular formula is C11H12O3. The molecule has 1 heterocycles. The van der Waals surface area contributed by atoms with Gasteiger partial charge in [0.1, 0.15) is 5.75 Å². The van der Waals surface area contributed by atoms with E-state index in [1.807, 2.05) is 24.3 Å². The molecule has 1 aromatic carbocycles. The number of hydrogen-bond donors (Lipinski definition) is 1. The standard InChI is InChI=1S/C11H12O3/c12-11(13)9-5-6-14-10-4-2-1-3-8(10)7-9/h1-4,9H,5-7H2,(H,12,13)/t9-/m0/s1. The predicted octanol–water partition coefficient (Wildman–Crippen LogP) is 1.71. The third-order valence-corrected chi connectivity index (χ3v) is 2.51. The molecule has 74 valence electrons. The van der Waals surface area contributed by atoms with Crippen molar-refractivity contribution in [3.8, 4) is 5.75 Å². The maximum absolute atomic E-state index is 10.9. The van der Waals surface area contributed by atoms with E-state index in [4.69, 9.17) is 9.84 Å². The number of fused-ring (bicyclic) bond motifs is 1. The first-order chi connectivity index (χ1) is 6.77. The van der Waals surface area contributed by atoms with Gasteiger partial charge in [0, 0.05) is 0 Å². The molecule has 0 unspecified atom stereocenters. The van der Waals surface area contributed by atoms with Crippen LogP contribution in [-0.2, 0) is 11.2 Å². The molecule has 2 rings (SSSR count). The summed E-state index contributed by atoms with van der Waals surface area (Å²) in [6.45, 7) is 0.494. The largest absolute Gasteiger partial charge is 0.493 e. The zero-order valence-corrected chi connectivity index (χ0v) is 7.77. The molecule has 14 heavy (non-hydrogen) atoms. The fraction of sp³-hybridized carbons (Fsp3) is 0.364. The number of aliphatic carboxylic acids is 1. The summed E-state index contributed by atoms with van der Waals surface area (Å²) < 4.78 is 5.47. The van der Waals surface area contributed by atoms with Crippen molar-refractivity contribution in [1.82, 2.24) is 0 Å². The first-order valence-corrected chi connectivity index (χ1v) is 4.71. The van der Waals surface area contributed by atoms with E-state index >= 15 is 0 Å². The quantitative estimate of drug-likeness (QED) is 0.736. The second-order valence-corrected chi connectivity index (χ2v) is 3.48. The minimum absolute atomic E-state index is 0.307. The zero-order chi connectivity index (χ0) is 9.97. The molecule has 1 N–H and O–H groups in total. The van der Waals surface area contributed by atoms with E-state index in [0.29, 0.717) is 19.4 Å². The molecule has 3 heteroatoms. The van der Waals surface area contributed by atoms with E-state index in [1.165, 1.54) is 0 Å². The second-order valence-electron chi connectivity index (χ2n) is 3.48. The topological polar surface area (TPSA) is 46.5 Å². The Morgan fingerprint density at radius 3 is 3.00 bits per heavy atom. The Kier molecular flexibility index (Phi) is 2.39. The van der Waals surface area contributed by atoms with Crippen molar-refractivity contribution in [3.63, 3.8) is 0 Å². The first-order valence-electron chi connectivity index (χ1n) is 4.71. The summed E-state index contributed by atoms with van der Waals surface area (Å²) in [4.78, 5) is 10.9. The second kappa shape index (κ2) is 3.70. The van der Waals surface area contributed by atoms with Crippen LogP contribution in [0.1, 0.15) is 12.0 Å². The molecule has 0 fully saturated rings. The van der Waals surface area contributed by atoms with Gasteiger partial charge >= 0.3 is 5.97 Å². The fourth-order valence-electron chi connectivity index (χ4n) is 1.70. The van der Waals surface area contributed by atoms with E-state index in [1.54, 1.807) is 0 Å². The molecule has 1 aromatic rings. The number of hydrogen-bond acceptors (Lipinski definition) is 2. The monoisotopic (exact) mass is 192 g/mol. The van der Waals surface area contributed by atoms with Gasteiger partial charge < -0.3 is 9.84 Å². The Morgan fingerprint density at radius 2 is 2.21 bits per heavy atom. The van der Waals surface area contributed by atoms with Gasteiger partial charge in [-0.15, -0.1) is 0 Å². The number of carboxylic acid groups (broad SMARTS) is 1. The molecule has 1 aliphatic rings. The lowest BCUT2D eigenvalue weighted by molar-refractivity contribution is -0.142. The van der Waals surface area contributed by atoms with Crippen LogP contribution >= 0.6 is 0 Å². The van der Waals surface area contributed by atoms with Crippen molar-refractivity contribution in [3.05, 3.63) is 29.8 Å². The minimum atomic E-state index is -0.731. The van der Waals surface area contributed by atoms with Gasteiger partial charge in [0.15, 0.2) is 0 Å². The Hall–Kier alpha value is -1.51. The number of benzene rings is 1. The van der Waals surface area contributed by atoms with Gasteiger partial charge in [0.25, 0.3) is 0 Å². The number of rotatable bonds is 1. The predicted molar refractivity (Wildman–Crippen MR) is 51.4 cm³/mol. The average molecular weight is 192 g/mol. The molecule has 0 spiro atoms. The third kappa shape index (κ3) is 1.71. The SMILES string of the molecule is O=C(O)[C@H]1CCOc2ccccc2C1. The Labute approximate surface area is 82.3 Å². The van der Waals surface area contributed by atoms with Crippen LogP contribution < -0.4 is 4.74 Å². The summed E-state index contributed by atoms with van der Waals surface area (Å²) in [6, 6.07) is 7.63. The van der Waals surface area contributed by atoms with Gasteiger partial charge in [-0.05, 0) is 24.5 Å². The minimum Gasteiger partial charge on any atom is -0.493 e. The van der Waals surface area contributed by atoms with Crippen LogP contribution in [0.15, 0.2) is 24.3 Å². The van der Waals surface area contributed by atoms with Crippen molar-refractivity contribution in [2.45, 2.75) is 12.8 Å². The van der Waals surface area contributed by atoms with Gasteiger partial charge in [0.05, 0.1) is 12.5 Å². The van der Waals surface area contributed by atoms with Crippen LogP contribution in [0.25, 0.3) is 0 Å². The highest BCUT2D eigenvalue weighted by atomic mass is 16.5. The summed E-state index contributed by atoms with van der Waals surface area (Å²) in [5.74, 6) is -0.208. The lowest BCUT2D eigenvalue weighted by Crippen LogP contribution is -2.16. The highest BCUT2D eigenvalue weighted by Gasteiger charge is 2.22. The smallest absolute Gasteiger partial charge is 0.306 e. The van der Waals surface area contributed by atoms with E-state index < -0.39 is 5.97 Å². The van der Waals surface area contributed by atoms with E-state index in [9.17, 15) is 4.79 Å². The highest BCUT2D eigenvalue weighted by Crippen LogP contribution is 2.26. The van der Waals surface area contributed by atoms with E-state index in [-0.39, 0.29) is 5.92 Å². The Morgan fingerprint density at radius 1 is 1.43 bits per heavy atom. The number of ether oxygens (including phenoxy) is 1. The normalized spacial score (nSPS) is 20.4. The van der Waals surface area contributed by atoms with Crippen LogP contribution in [0.4, 0.5) is 0 Å². The zero-order valence-electron chi connectivity index (χ0n) is 7.77. The molecule has 0 aromatic heterocycles. The van der Waals surface area contributed by atoms with Gasteiger partial charge in [-0.25, -0.2) is 0 Å². The summed E-state index contributed by atoms with van der Waals surface area (Å²) in [7, 11) is 0. The van der Waals surface area contributed by atoms with Crippen molar-refractivity contribution in [1.29, 1.82) is 0 Å². The van der Waals surface area contributed by atoms with Gasteiger partial charge in [-0.1, -0.05) is 18.2 Å². The molecule has 0 bridgehead atoms. The summed E-state index contributed by atoms with van der Waals surface area (Å²) in [6.07, 6.45) is 1.16. The summed E-state index contributed by atoms with van der Waals surface area (Å²) in [5.41, 5.74) is 0.998. The van der Waals surface area contributed by atoms with Crippen LogP contribution in [-0.4, -0.2) is 17.7 Å². The molecule has 0 radical (unpaired) electrons. The van der Waals surface area contributed by atoms with Crippen molar-refractivity contribution < 1.29 is 14.6 Å². The first kappa shape index (κ1) is 9.06. The van der Waals surface area contributed by atoms with E-state index in [2.05, 4.69) is 0 Å². The molecule has 1 atom stereocenters. The van der Waals surface area contributed by atoms with Crippen LogP contribution in [0.2, 0.25) is 0 Å². The maximum atomic E-state index is 10.9. The molecule has 0 saturated carbocycles. The van der Waals surface area contributed by atoms with Crippen molar-refractivity contribution in [2.75, 3.05) is 6.61 Å². The number of para-hydroxylation sites is 1. The molecule has 0 amide bonds. The number of carbonyl (C=O) groups is 1. The third-order valence-electron chi connectivity index (χ3n) is 2.51. The number of carboxylic acids is 1. The van der Waals surface area contributed by atoms with Gasteiger partial charge in [-0.3, -0.25) is 4.79 Å². The molecule has 0 aliphatic carbocycles.